The third-order valence-corrected chi connectivity index (χ3v) is 2.18. The van der Waals surface area contributed by atoms with E-state index in [-0.39, 0.29) is 16.9 Å². The summed E-state index contributed by atoms with van der Waals surface area (Å²) in [5, 5.41) is 0. The lowest BCUT2D eigenvalue weighted by Gasteiger charge is -2.01. The van der Waals surface area contributed by atoms with E-state index in [0.717, 1.165) is 0 Å². The van der Waals surface area contributed by atoms with Crippen LogP contribution in [0.2, 0.25) is 0 Å². The van der Waals surface area contributed by atoms with Crippen LogP contribution < -0.4 is 11.0 Å². The summed E-state index contributed by atoms with van der Waals surface area (Å²) in [6.07, 6.45) is 1.44. The summed E-state index contributed by atoms with van der Waals surface area (Å²) in [5.41, 5.74) is 0.713. The van der Waals surface area contributed by atoms with E-state index < -0.39 is 0 Å². The van der Waals surface area contributed by atoms with Gasteiger partial charge in [0.1, 0.15) is 5.65 Å². The largest absolute Gasteiger partial charge is 0.343 e. The Morgan fingerprint density at radius 2 is 2.14 bits per heavy atom. The average molecular weight is 211 g/mol. The van der Waals surface area contributed by atoms with Crippen molar-refractivity contribution in [1.29, 1.82) is 0 Å². The van der Waals surface area contributed by atoms with Crippen molar-refractivity contribution in [3.63, 3.8) is 0 Å². The number of pyridine rings is 1. The summed E-state index contributed by atoms with van der Waals surface area (Å²) in [6.45, 7) is 0. The van der Waals surface area contributed by atoms with E-state index in [2.05, 4.69) is 4.98 Å². The topological polar surface area (TPSA) is 54.3 Å². The average Bonchev–Trinajstić information content (AvgIpc) is 2.16. The van der Waals surface area contributed by atoms with Crippen molar-refractivity contribution >= 4 is 17.2 Å². The minimum Gasteiger partial charge on any atom is -0.343 e. The van der Waals surface area contributed by atoms with Crippen molar-refractivity contribution in [1.82, 2.24) is 9.38 Å². The number of alkyl halides is 1. The first-order chi connectivity index (χ1) is 6.70. The highest BCUT2D eigenvalue weighted by molar-refractivity contribution is 6.16. The normalized spacial score (nSPS) is 10.6. The van der Waals surface area contributed by atoms with Crippen LogP contribution >= 0.6 is 11.6 Å². The fourth-order valence-corrected chi connectivity index (χ4v) is 1.40. The van der Waals surface area contributed by atoms with Crippen LogP contribution in [0, 0.1) is 0 Å². The third-order valence-electron chi connectivity index (χ3n) is 1.89. The molecule has 0 aromatic carbocycles. The molecule has 2 aromatic rings. The van der Waals surface area contributed by atoms with Gasteiger partial charge in [0.15, 0.2) is 5.43 Å². The Morgan fingerprint density at radius 3 is 2.86 bits per heavy atom. The molecular formula is C9H7ClN2O2. The Bertz CT molecular complexity index is 585. The Hall–Kier alpha value is -1.55. The molecule has 0 amide bonds. The molecule has 2 heterocycles. The number of aromatic amines is 1. The number of fused-ring (bicyclic) bond motifs is 1. The molecule has 0 unspecified atom stereocenters. The van der Waals surface area contributed by atoms with E-state index in [4.69, 9.17) is 11.6 Å². The van der Waals surface area contributed by atoms with Crippen LogP contribution in [0.3, 0.4) is 0 Å². The fraction of sp³-hybridized carbons (Fsp3) is 0.111. The van der Waals surface area contributed by atoms with Crippen molar-refractivity contribution in [3.8, 4) is 0 Å². The molecule has 5 heteroatoms. The predicted molar refractivity (Wildman–Crippen MR) is 53.8 cm³/mol. The van der Waals surface area contributed by atoms with Crippen LogP contribution in [-0.4, -0.2) is 9.38 Å². The van der Waals surface area contributed by atoms with E-state index in [9.17, 15) is 9.59 Å². The second-order valence-electron chi connectivity index (χ2n) is 2.88. The quantitative estimate of drug-likeness (QED) is 0.706. The zero-order valence-electron chi connectivity index (χ0n) is 7.16. The van der Waals surface area contributed by atoms with Crippen LogP contribution in [0.15, 0.2) is 34.0 Å². The summed E-state index contributed by atoms with van der Waals surface area (Å²) >= 11 is 5.58. The van der Waals surface area contributed by atoms with Gasteiger partial charge in [-0.25, -0.2) is 0 Å². The van der Waals surface area contributed by atoms with Crippen molar-refractivity contribution in [2.24, 2.45) is 0 Å². The maximum absolute atomic E-state index is 11.5. The van der Waals surface area contributed by atoms with Crippen LogP contribution in [0.4, 0.5) is 0 Å². The second-order valence-corrected chi connectivity index (χ2v) is 3.15. The summed E-state index contributed by atoms with van der Waals surface area (Å²) in [7, 11) is 0. The summed E-state index contributed by atoms with van der Waals surface area (Å²) < 4.78 is 1.36. The van der Waals surface area contributed by atoms with Crippen molar-refractivity contribution < 1.29 is 0 Å². The van der Waals surface area contributed by atoms with E-state index in [1.807, 2.05) is 0 Å². The standard InChI is InChI=1S/C9H7ClN2O2/c10-5-6-3-9(14)12-2-1-7(13)4-8(12)11-6/h1-4,11H,5H2. The molecule has 0 fully saturated rings. The summed E-state index contributed by atoms with van der Waals surface area (Å²) in [5.74, 6) is 0.217. The molecule has 2 rings (SSSR count). The SMILES string of the molecule is O=c1ccn2c(=O)cc(CCl)[nH]c2c1. The molecular weight excluding hydrogens is 204 g/mol. The zero-order chi connectivity index (χ0) is 10.1. The first-order valence-corrected chi connectivity index (χ1v) is 4.55. The van der Waals surface area contributed by atoms with E-state index in [1.54, 1.807) is 0 Å². The number of H-pyrrole nitrogens is 1. The number of hydrogen-bond acceptors (Lipinski definition) is 2. The van der Waals surface area contributed by atoms with Gasteiger partial charge in [-0.05, 0) is 0 Å². The van der Waals surface area contributed by atoms with Gasteiger partial charge in [-0.3, -0.25) is 14.0 Å². The molecule has 72 valence electrons. The summed E-state index contributed by atoms with van der Waals surface area (Å²) in [6, 6.07) is 4.10. The number of nitrogens with one attached hydrogen (secondary N) is 1. The molecule has 0 spiro atoms. The van der Waals surface area contributed by atoms with Gasteiger partial charge in [-0.1, -0.05) is 0 Å². The van der Waals surface area contributed by atoms with Gasteiger partial charge >= 0.3 is 0 Å². The lowest BCUT2D eigenvalue weighted by molar-refractivity contribution is 1.01. The molecule has 0 saturated heterocycles. The molecule has 0 atom stereocenters. The van der Waals surface area contributed by atoms with Crippen molar-refractivity contribution in [2.45, 2.75) is 5.88 Å². The van der Waals surface area contributed by atoms with Gasteiger partial charge in [-0.15, -0.1) is 11.6 Å². The first kappa shape index (κ1) is 9.02. The van der Waals surface area contributed by atoms with E-state index in [1.165, 1.54) is 28.8 Å². The monoisotopic (exact) mass is 210 g/mol. The van der Waals surface area contributed by atoms with Gasteiger partial charge < -0.3 is 4.98 Å². The van der Waals surface area contributed by atoms with Crippen LogP contribution in [0.1, 0.15) is 5.69 Å². The molecule has 0 aliphatic rings. The maximum Gasteiger partial charge on any atom is 0.257 e. The number of halogens is 1. The highest BCUT2D eigenvalue weighted by Crippen LogP contribution is 1.98. The van der Waals surface area contributed by atoms with Crippen LogP contribution in [0.5, 0.6) is 0 Å². The molecule has 1 N–H and O–H groups in total. The molecule has 14 heavy (non-hydrogen) atoms. The van der Waals surface area contributed by atoms with Gasteiger partial charge in [0.05, 0.1) is 5.88 Å². The Morgan fingerprint density at radius 1 is 1.36 bits per heavy atom. The zero-order valence-corrected chi connectivity index (χ0v) is 7.91. The Kier molecular flexibility index (Phi) is 2.13. The first-order valence-electron chi connectivity index (χ1n) is 4.01. The highest BCUT2D eigenvalue weighted by atomic mass is 35.5. The minimum atomic E-state index is -0.200. The summed E-state index contributed by atoms with van der Waals surface area (Å²) in [4.78, 5) is 25.4. The smallest absolute Gasteiger partial charge is 0.257 e. The molecule has 2 aromatic heterocycles. The van der Waals surface area contributed by atoms with Crippen LogP contribution in [-0.2, 0) is 5.88 Å². The molecule has 4 nitrogen and oxygen atoms in total. The van der Waals surface area contributed by atoms with Crippen LogP contribution in [0.25, 0.3) is 5.65 Å². The van der Waals surface area contributed by atoms with Crippen molar-refractivity contribution in [3.05, 3.63) is 50.7 Å². The van der Waals surface area contributed by atoms with Gasteiger partial charge in [-0.2, -0.15) is 0 Å². The molecule has 0 saturated carbocycles. The minimum absolute atomic E-state index is 0.146. The molecule has 0 bridgehead atoms. The number of rotatable bonds is 1. The Labute approximate surface area is 83.8 Å². The molecule has 0 aliphatic heterocycles. The van der Waals surface area contributed by atoms with Gasteiger partial charge in [0, 0.05) is 30.1 Å². The van der Waals surface area contributed by atoms with Gasteiger partial charge in [0.25, 0.3) is 5.56 Å². The van der Waals surface area contributed by atoms with Crippen molar-refractivity contribution in [2.75, 3.05) is 0 Å². The number of aromatic nitrogens is 2. The lowest BCUT2D eigenvalue weighted by atomic mass is 10.4. The van der Waals surface area contributed by atoms with Gasteiger partial charge in [0.2, 0.25) is 0 Å². The van der Waals surface area contributed by atoms with E-state index >= 15 is 0 Å². The highest BCUT2D eigenvalue weighted by Gasteiger charge is 1.99. The third kappa shape index (κ3) is 1.44. The Balaban J connectivity index is 2.90. The second kappa shape index (κ2) is 3.31. The molecule has 0 aliphatic carbocycles. The predicted octanol–water partition coefficient (Wildman–Crippen LogP) is 0.727. The lowest BCUT2D eigenvalue weighted by Crippen LogP contribution is -2.17. The fourth-order valence-electron chi connectivity index (χ4n) is 1.26. The number of hydrogen-bond donors (Lipinski definition) is 1. The molecule has 0 radical (unpaired) electrons. The number of nitrogens with zero attached hydrogens (tertiary/aromatic N) is 1. The maximum atomic E-state index is 11.5. The van der Waals surface area contributed by atoms with E-state index in [0.29, 0.717) is 11.3 Å².